The molecule has 3 aromatic rings. The van der Waals surface area contributed by atoms with Gasteiger partial charge in [0.15, 0.2) is 11.7 Å². The van der Waals surface area contributed by atoms with E-state index in [1.165, 1.54) is 0 Å². The Hall–Kier alpha value is -2.30. The van der Waals surface area contributed by atoms with Gasteiger partial charge in [-0.2, -0.15) is 0 Å². The molecule has 1 heterocycles. The number of aromatic nitrogens is 1. The Kier molecular flexibility index (Phi) is 6.19. The standard InChI is InChI=1S/C21H20Cl2N2O2/c1-14(17-9-8-16(22)12-18(17)23)25(2)21(26)11-10-20-24-13-19(27-20)15-6-4-3-5-7-15/h3-9,12-14H,10-11H2,1-2H3. The molecule has 0 fully saturated rings. The molecule has 4 nitrogen and oxygen atoms in total. The van der Waals surface area contributed by atoms with Crippen molar-refractivity contribution in [3.8, 4) is 11.3 Å². The summed E-state index contributed by atoms with van der Waals surface area (Å²) >= 11 is 12.2. The van der Waals surface area contributed by atoms with Gasteiger partial charge in [-0.15, -0.1) is 0 Å². The third-order valence-electron chi connectivity index (χ3n) is 4.55. The number of aryl methyl sites for hydroxylation is 1. The maximum Gasteiger partial charge on any atom is 0.223 e. The fourth-order valence-corrected chi connectivity index (χ4v) is 3.38. The SMILES string of the molecule is CC(c1ccc(Cl)cc1Cl)N(C)C(=O)CCc1ncc(-c2ccccc2)o1. The lowest BCUT2D eigenvalue weighted by Gasteiger charge is -2.26. The number of hydrogen-bond acceptors (Lipinski definition) is 3. The van der Waals surface area contributed by atoms with Gasteiger partial charge in [-0.05, 0) is 24.6 Å². The van der Waals surface area contributed by atoms with Crippen LogP contribution in [0.5, 0.6) is 0 Å². The molecule has 0 aliphatic carbocycles. The van der Waals surface area contributed by atoms with Crippen molar-refractivity contribution < 1.29 is 9.21 Å². The highest BCUT2D eigenvalue weighted by atomic mass is 35.5. The molecule has 3 rings (SSSR count). The number of amides is 1. The molecule has 0 saturated heterocycles. The van der Waals surface area contributed by atoms with Gasteiger partial charge in [-0.1, -0.05) is 59.6 Å². The van der Waals surface area contributed by atoms with Gasteiger partial charge in [-0.25, -0.2) is 4.98 Å². The number of carbonyl (C=O) groups excluding carboxylic acids is 1. The molecule has 0 radical (unpaired) electrons. The summed E-state index contributed by atoms with van der Waals surface area (Å²) in [5.74, 6) is 1.24. The van der Waals surface area contributed by atoms with Gasteiger partial charge >= 0.3 is 0 Å². The van der Waals surface area contributed by atoms with E-state index in [-0.39, 0.29) is 11.9 Å². The van der Waals surface area contributed by atoms with Gasteiger partial charge in [0.1, 0.15) is 0 Å². The fraction of sp³-hybridized carbons (Fsp3) is 0.238. The van der Waals surface area contributed by atoms with Gasteiger partial charge in [0.2, 0.25) is 5.91 Å². The van der Waals surface area contributed by atoms with Crippen molar-refractivity contribution in [2.45, 2.75) is 25.8 Å². The van der Waals surface area contributed by atoms with Crippen LogP contribution in [0.15, 0.2) is 59.1 Å². The van der Waals surface area contributed by atoms with Crippen LogP contribution in [0, 0.1) is 0 Å². The molecule has 0 N–H and O–H groups in total. The molecule has 6 heteroatoms. The minimum atomic E-state index is -0.160. The molecule has 1 unspecified atom stereocenters. The van der Waals surface area contributed by atoms with Crippen LogP contribution in [-0.2, 0) is 11.2 Å². The summed E-state index contributed by atoms with van der Waals surface area (Å²) in [7, 11) is 1.77. The number of hydrogen-bond donors (Lipinski definition) is 0. The van der Waals surface area contributed by atoms with E-state index in [1.54, 1.807) is 30.3 Å². The molecule has 0 aliphatic heterocycles. The molecule has 1 atom stereocenters. The first-order chi connectivity index (χ1) is 13.0. The maximum absolute atomic E-state index is 12.6. The number of oxazole rings is 1. The van der Waals surface area contributed by atoms with Crippen molar-refractivity contribution in [1.29, 1.82) is 0 Å². The van der Waals surface area contributed by atoms with E-state index in [0.717, 1.165) is 11.1 Å². The van der Waals surface area contributed by atoms with Gasteiger partial charge in [0.25, 0.3) is 0 Å². The zero-order chi connectivity index (χ0) is 19.4. The van der Waals surface area contributed by atoms with Crippen LogP contribution in [0.1, 0.15) is 30.8 Å². The summed E-state index contributed by atoms with van der Waals surface area (Å²) < 4.78 is 5.76. The zero-order valence-electron chi connectivity index (χ0n) is 15.2. The molecular formula is C21H20Cl2N2O2. The van der Waals surface area contributed by atoms with Crippen LogP contribution in [0.2, 0.25) is 10.0 Å². The topological polar surface area (TPSA) is 46.3 Å². The van der Waals surface area contributed by atoms with Crippen LogP contribution in [0.3, 0.4) is 0 Å². The lowest BCUT2D eigenvalue weighted by atomic mass is 10.1. The Morgan fingerprint density at radius 3 is 2.63 bits per heavy atom. The lowest BCUT2D eigenvalue weighted by molar-refractivity contribution is -0.131. The van der Waals surface area contributed by atoms with Crippen LogP contribution in [-0.4, -0.2) is 22.8 Å². The van der Waals surface area contributed by atoms with Crippen molar-refractivity contribution in [3.05, 3.63) is 76.2 Å². The summed E-state index contributed by atoms with van der Waals surface area (Å²) in [4.78, 5) is 18.5. The number of nitrogens with zero attached hydrogens (tertiary/aromatic N) is 2. The molecule has 1 amide bonds. The van der Waals surface area contributed by atoms with E-state index in [2.05, 4.69) is 4.98 Å². The van der Waals surface area contributed by atoms with Crippen molar-refractivity contribution >= 4 is 29.1 Å². The first kappa shape index (κ1) is 19.5. The van der Waals surface area contributed by atoms with Gasteiger partial charge in [0, 0.05) is 35.5 Å². The Morgan fingerprint density at radius 2 is 1.93 bits per heavy atom. The molecule has 0 aliphatic rings. The predicted molar refractivity (Wildman–Crippen MR) is 108 cm³/mol. The van der Waals surface area contributed by atoms with Crippen molar-refractivity contribution in [3.63, 3.8) is 0 Å². The summed E-state index contributed by atoms with van der Waals surface area (Å²) in [6.07, 6.45) is 2.44. The van der Waals surface area contributed by atoms with E-state index >= 15 is 0 Å². The second kappa shape index (κ2) is 8.59. The number of rotatable bonds is 6. The Balaban J connectivity index is 1.61. The molecular weight excluding hydrogens is 383 g/mol. The summed E-state index contributed by atoms with van der Waals surface area (Å²) in [6.45, 7) is 1.94. The van der Waals surface area contributed by atoms with Crippen molar-refractivity contribution in [2.75, 3.05) is 7.05 Å². The van der Waals surface area contributed by atoms with Gasteiger partial charge in [-0.3, -0.25) is 4.79 Å². The highest BCUT2D eigenvalue weighted by Gasteiger charge is 2.20. The molecule has 0 spiro atoms. The molecule has 140 valence electrons. The smallest absolute Gasteiger partial charge is 0.223 e. The first-order valence-corrected chi connectivity index (χ1v) is 9.42. The highest BCUT2D eigenvalue weighted by Crippen LogP contribution is 2.29. The molecule has 0 saturated carbocycles. The van der Waals surface area contributed by atoms with E-state index in [9.17, 15) is 4.79 Å². The average molecular weight is 403 g/mol. The monoisotopic (exact) mass is 402 g/mol. The number of carbonyl (C=O) groups is 1. The van der Waals surface area contributed by atoms with Crippen LogP contribution < -0.4 is 0 Å². The Labute approximate surface area is 168 Å². The maximum atomic E-state index is 12.6. The van der Waals surface area contributed by atoms with Gasteiger partial charge < -0.3 is 9.32 Å². The minimum Gasteiger partial charge on any atom is -0.441 e. The molecule has 27 heavy (non-hydrogen) atoms. The number of halogens is 2. The lowest BCUT2D eigenvalue weighted by Crippen LogP contribution is -2.30. The second-order valence-corrected chi connectivity index (χ2v) is 7.17. The van der Waals surface area contributed by atoms with Crippen molar-refractivity contribution in [1.82, 2.24) is 9.88 Å². The van der Waals surface area contributed by atoms with Gasteiger partial charge in [0.05, 0.1) is 12.2 Å². The summed E-state index contributed by atoms with van der Waals surface area (Å²) in [6, 6.07) is 14.9. The summed E-state index contributed by atoms with van der Waals surface area (Å²) in [5, 5.41) is 1.12. The third kappa shape index (κ3) is 4.71. The second-order valence-electron chi connectivity index (χ2n) is 6.33. The molecule has 2 aromatic carbocycles. The normalized spacial score (nSPS) is 12.0. The Bertz CT molecular complexity index is 925. The average Bonchev–Trinajstić information content (AvgIpc) is 3.15. The zero-order valence-corrected chi connectivity index (χ0v) is 16.7. The first-order valence-electron chi connectivity index (χ1n) is 8.66. The van der Waals surface area contributed by atoms with Crippen LogP contribution >= 0.6 is 23.2 Å². The van der Waals surface area contributed by atoms with E-state index < -0.39 is 0 Å². The quantitative estimate of drug-likeness (QED) is 0.523. The molecule has 0 bridgehead atoms. The van der Waals surface area contributed by atoms with Crippen molar-refractivity contribution in [2.24, 2.45) is 0 Å². The van der Waals surface area contributed by atoms with E-state index in [1.807, 2.05) is 43.3 Å². The fourth-order valence-electron chi connectivity index (χ4n) is 2.82. The predicted octanol–water partition coefficient (Wildman–Crippen LogP) is 5.80. The minimum absolute atomic E-state index is 0.00650. The van der Waals surface area contributed by atoms with E-state index in [0.29, 0.717) is 34.5 Å². The Morgan fingerprint density at radius 1 is 1.19 bits per heavy atom. The van der Waals surface area contributed by atoms with E-state index in [4.69, 9.17) is 27.6 Å². The largest absolute Gasteiger partial charge is 0.441 e. The third-order valence-corrected chi connectivity index (χ3v) is 5.11. The highest BCUT2D eigenvalue weighted by molar-refractivity contribution is 6.35. The molecule has 1 aromatic heterocycles. The van der Waals surface area contributed by atoms with Crippen LogP contribution in [0.25, 0.3) is 11.3 Å². The number of benzene rings is 2. The van der Waals surface area contributed by atoms with Crippen LogP contribution in [0.4, 0.5) is 0 Å². The summed E-state index contributed by atoms with van der Waals surface area (Å²) in [5.41, 5.74) is 1.82.